The van der Waals surface area contributed by atoms with E-state index in [0.29, 0.717) is 25.4 Å². The second-order valence-electron chi connectivity index (χ2n) is 5.74. The van der Waals surface area contributed by atoms with Gasteiger partial charge >= 0.3 is 0 Å². The van der Waals surface area contributed by atoms with E-state index in [2.05, 4.69) is 10.6 Å². The molecule has 1 atom stereocenters. The number of halogens is 2. The molecular weight excluding hydrogens is 323 g/mol. The number of nitrogens with one attached hydrogen (secondary N) is 2. The third-order valence-electron chi connectivity index (χ3n) is 4.03. The Balaban J connectivity index is 0.00000192. The first kappa shape index (κ1) is 18.0. The van der Waals surface area contributed by atoms with Crippen molar-refractivity contribution in [3.05, 3.63) is 24.0 Å². The summed E-state index contributed by atoms with van der Waals surface area (Å²) in [6, 6.07) is 4.14. The number of carbonyl (C=O) groups is 1. The monoisotopic (exact) mass is 344 g/mol. The quantitative estimate of drug-likeness (QED) is 0.881. The minimum Gasteiger partial charge on any atom is -0.487 e. The number of rotatable bonds is 4. The molecule has 1 heterocycles. The molecule has 128 valence electrons. The summed E-state index contributed by atoms with van der Waals surface area (Å²) in [5.74, 6) is -0.412. The second-order valence-corrected chi connectivity index (χ2v) is 5.74. The van der Waals surface area contributed by atoms with Crippen LogP contribution >= 0.6 is 12.4 Å². The summed E-state index contributed by atoms with van der Waals surface area (Å²) in [6.07, 6.45) is 4.34. The molecule has 7 heteroatoms. The molecule has 1 aliphatic carbocycles. The van der Waals surface area contributed by atoms with Crippen LogP contribution in [0.15, 0.2) is 18.2 Å². The van der Waals surface area contributed by atoms with E-state index in [0.717, 1.165) is 25.7 Å². The number of hydrogen-bond acceptors (Lipinski definition) is 4. The lowest BCUT2D eigenvalue weighted by Gasteiger charge is -2.23. The average Bonchev–Trinajstić information content (AvgIpc) is 3.04. The molecule has 3 rings (SSSR count). The van der Waals surface area contributed by atoms with Crippen molar-refractivity contribution < 1.29 is 18.7 Å². The fourth-order valence-corrected chi connectivity index (χ4v) is 2.82. The Morgan fingerprint density at radius 1 is 1.35 bits per heavy atom. The van der Waals surface area contributed by atoms with Crippen LogP contribution < -0.4 is 15.4 Å². The van der Waals surface area contributed by atoms with Crippen LogP contribution in [0.25, 0.3) is 0 Å². The van der Waals surface area contributed by atoms with Crippen LogP contribution in [0.1, 0.15) is 25.7 Å². The Kier molecular flexibility index (Phi) is 6.62. The van der Waals surface area contributed by atoms with E-state index in [9.17, 15) is 9.18 Å². The van der Waals surface area contributed by atoms with E-state index in [1.807, 2.05) is 0 Å². The molecule has 2 fully saturated rings. The van der Waals surface area contributed by atoms with E-state index in [4.69, 9.17) is 9.47 Å². The van der Waals surface area contributed by atoms with Gasteiger partial charge in [-0.1, -0.05) is 0 Å². The second kappa shape index (κ2) is 8.47. The Labute approximate surface area is 141 Å². The SMILES string of the molecule is Cl.O=C(Nc1ccc(OC2CCCC2)c(F)c1)C1COCCN1. The summed E-state index contributed by atoms with van der Waals surface area (Å²) < 4.78 is 25.0. The van der Waals surface area contributed by atoms with Gasteiger partial charge in [0.25, 0.3) is 0 Å². The molecule has 2 aliphatic rings. The van der Waals surface area contributed by atoms with Crippen molar-refractivity contribution >= 4 is 24.0 Å². The largest absolute Gasteiger partial charge is 0.487 e. The Morgan fingerprint density at radius 2 is 2.13 bits per heavy atom. The number of carbonyl (C=O) groups excluding carboxylic acids is 1. The fourth-order valence-electron chi connectivity index (χ4n) is 2.82. The predicted octanol–water partition coefficient (Wildman–Crippen LogP) is 2.50. The van der Waals surface area contributed by atoms with Gasteiger partial charge in [-0.15, -0.1) is 12.4 Å². The van der Waals surface area contributed by atoms with Crippen LogP contribution in [0.4, 0.5) is 10.1 Å². The highest BCUT2D eigenvalue weighted by Gasteiger charge is 2.22. The molecule has 23 heavy (non-hydrogen) atoms. The van der Waals surface area contributed by atoms with Gasteiger partial charge in [0.2, 0.25) is 5.91 Å². The van der Waals surface area contributed by atoms with Crippen LogP contribution in [-0.4, -0.2) is 37.8 Å². The third-order valence-corrected chi connectivity index (χ3v) is 4.03. The van der Waals surface area contributed by atoms with Crippen molar-refractivity contribution in [2.24, 2.45) is 0 Å². The summed E-state index contributed by atoms with van der Waals surface area (Å²) >= 11 is 0. The molecule has 1 aromatic carbocycles. The number of benzene rings is 1. The zero-order chi connectivity index (χ0) is 15.4. The molecular formula is C16H22ClFN2O3. The molecule has 1 unspecified atom stereocenters. The van der Waals surface area contributed by atoms with Crippen molar-refractivity contribution in [1.82, 2.24) is 5.32 Å². The van der Waals surface area contributed by atoms with Gasteiger partial charge in [0.1, 0.15) is 6.04 Å². The predicted molar refractivity (Wildman–Crippen MR) is 87.8 cm³/mol. The van der Waals surface area contributed by atoms with Crippen molar-refractivity contribution in [1.29, 1.82) is 0 Å². The molecule has 0 aromatic heterocycles. The van der Waals surface area contributed by atoms with Gasteiger partial charge in [-0.2, -0.15) is 0 Å². The molecule has 0 radical (unpaired) electrons. The Bertz CT molecular complexity index is 532. The van der Waals surface area contributed by atoms with E-state index in [1.54, 1.807) is 12.1 Å². The molecule has 1 amide bonds. The molecule has 1 aromatic rings. The molecule has 1 saturated heterocycles. The minimum absolute atomic E-state index is 0. The summed E-state index contributed by atoms with van der Waals surface area (Å²) in [6.45, 7) is 1.57. The maximum Gasteiger partial charge on any atom is 0.243 e. The van der Waals surface area contributed by atoms with Crippen LogP contribution in [0.5, 0.6) is 5.75 Å². The van der Waals surface area contributed by atoms with Crippen LogP contribution in [0.2, 0.25) is 0 Å². The lowest BCUT2D eigenvalue weighted by atomic mass is 10.2. The zero-order valence-corrected chi connectivity index (χ0v) is 13.7. The third kappa shape index (κ3) is 4.80. The Hall–Kier alpha value is -1.37. The highest BCUT2D eigenvalue weighted by molar-refractivity contribution is 5.95. The molecule has 2 N–H and O–H groups in total. The van der Waals surface area contributed by atoms with E-state index >= 15 is 0 Å². The average molecular weight is 345 g/mol. The number of amides is 1. The lowest BCUT2D eigenvalue weighted by molar-refractivity contribution is -0.120. The van der Waals surface area contributed by atoms with Gasteiger partial charge in [-0.05, 0) is 37.8 Å². The van der Waals surface area contributed by atoms with Crippen molar-refractivity contribution in [3.8, 4) is 5.75 Å². The van der Waals surface area contributed by atoms with E-state index in [-0.39, 0.29) is 30.2 Å². The first-order valence-electron chi connectivity index (χ1n) is 7.80. The summed E-state index contributed by atoms with van der Waals surface area (Å²) in [5.41, 5.74) is 0.425. The maximum absolute atomic E-state index is 14.1. The van der Waals surface area contributed by atoms with Gasteiger partial charge in [0.15, 0.2) is 11.6 Å². The first-order chi connectivity index (χ1) is 10.7. The van der Waals surface area contributed by atoms with Gasteiger partial charge in [0.05, 0.1) is 19.3 Å². The topological polar surface area (TPSA) is 59.6 Å². The van der Waals surface area contributed by atoms with Gasteiger partial charge in [0, 0.05) is 18.3 Å². The highest BCUT2D eigenvalue weighted by atomic mass is 35.5. The van der Waals surface area contributed by atoms with Gasteiger partial charge < -0.3 is 20.1 Å². The summed E-state index contributed by atoms with van der Waals surface area (Å²) in [5, 5.41) is 5.75. The van der Waals surface area contributed by atoms with Crippen molar-refractivity contribution in [3.63, 3.8) is 0 Å². The van der Waals surface area contributed by atoms with Crippen molar-refractivity contribution in [2.75, 3.05) is 25.1 Å². The van der Waals surface area contributed by atoms with Crippen LogP contribution in [0, 0.1) is 5.82 Å². The maximum atomic E-state index is 14.1. The fraction of sp³-hybridized carbons (Fsp3) is 0.562. The molecule has 1 saturated carbocycles. The molecule has 0 bridgehead atoms. The van der Waals surface area contributed by atoms with Crippen molar-refractivity contribution in [2.45, 2.75) is 37.8 Å². The standard InChI is InChI=1S/C16H21FN2O3.ClH/c17-13-9-11(19-16(20)14-10-21-8-7-18-14)5-6-15(13)22-12-3-1-2-4-12;/h5-6,9,12,14,18H,1-4,7-8,10H2,(H,19,20);1H. The number of morpholine rings is 1. The highest BCUT2D eigenvalue weighted by Crippen LogP contribution is 2.27. The van der Waals surface area contributed by atoms with E-state index < -0.39 is 11.9 Å². The lowest BCUT2D eigenvalue weighted by Crippen LogP contribution is -2.48. The first-order valence-corrected chi connectivity index (χ1v) is 7.80. The smallest absolute Gasteiger partial charge is 0.243 e. The Morgan fingerprint density at radius 3 is 2.78 bits per heavy atom. The number of hydrogen-bond donors (Lipinski definition) is 2. The van der Waals surface area contributed by atoms with Crippen LogP contribution in [0.3, 0.4) is 0 Å². The normalized spacial score (nSPS) is 21.5. The van der Waals surface area contributed by atoms with E-state index in [1.165, 1.54) is 6.07 Å². The minimum atomic E-state index is -0.447. The number of ether oxygens (including phenoxy) is 2. The van der Waals surface area contributed by atoms with Gasteiger partial charge in [-0.25, -0.2) is 4.39 Å². The molecule has 5 nitrogen and oxygen atoms in total. The molecule has 0 spiro atoms. The zero-order valence-electron chi connectivity index (χ0n) is 12.8. The van der Waals surface area contributed by atoms with Gasteiger partial charge in [-0.3, -0.25) is 4.79 Å². The van der Waals surface area contributed by atoms with Crippen LogP contribution in [-0.2, 0) is 9.53 Å². The molecule has 1 aliphatic heterocycles. The summed E-state index contributed by atoms with van der Waals surface area (Å²) in [7, 11) is 0. The number of anilines is 1. The summed E-state index contributed by atoms with van der Waals surface area (Å²) in [4.78, 5) is 12.0.